The summed E-state index contributed by atoms with van der Waals surface area (Å²) in [5, 5.41) is 0. The zero-order valence-corrected chi connectivity index (χ0v) is 17.4. The number of hydroxylamine groups is 1. The van der Waals surface area contributed by atoms with E-state index in [9.17, 15) is 14.4 Å². The number of ether oxygens (including phenoxy) is 2. The standard InChI is InChI=1S/C20H31NO6/c1-8-10-11-26-16(22)13(3)12-15(14(4)17(23)25-9-2)20(7)19(5,6)18(24)27-21-20/h12,21H,8-11H2,1-7H3/b13-12+,15-14+. The first kappa shape index (κ1) is 22.9. The maximum absolute atomic E-state index is 12.4. The average Bonchev–Trinajstić information content (AvgIpc) is 2.82. The normalized spacial score (nSPS) is 22.8. The van der Waals surface area contributed by atoms with E-state index in [4.69, 9.17) is 14.3 Å². The Morgan fingerprint density at radius 2 is 1.74 bits per heavy atom. The maximum atomic E-state index is 12.4. The van der Waals surface area contributed by atoms with Gasteiger partial charge in [0.2, 0.25) is 0 Å². The number of rotatable bonds is 8. The van der Waals surface area contributed by atoms with Gasteiger partial charge in [0.1, 0.15) is 0 Å². The van der Waals surface area contributed by atoms with Gasteiger partial charge < -0.3 is 14.3 Å². The Kier molecular flexibility index (Phi) is 7.77. The predicted molar refractivity (Wildman–Crippen MR) is 100 cm³/mol. The van der Waals surface area contributed by atoms with Crippen LogP contribution >= 0.6 is 0 Å². The topological polar surface area (TPSA) is 90.9 Å². The van der Waals surface area contributed by atoms with Gasteiger partial charge in [0.05, 0.1) is 24.2 Å². The fourth-order valence-corrected chi connectivity index (χ4v) is 2.67. The Labute approximate surface area is 161 Å². The lowest BCUT2D eigenvalue weighted by atomic mass is 9.69. The van der Waals surface area contributed by atoms with E-state index in [2.05, 4.69) is 5.48 Å². The van der Waals surface area contributed by atoms with Crippen molar-refractivity contribution in [3.63, 3.8) is 0 Å². The van der Waals surface area contributed by atoms with Crippen LogP contribution in [0.5, 0.6) is 0 Å². The van der Waals surface area contributed by atoms with Gasteiger partial charge in [-0.1, -0.05) is 13.3 Å². The molecule has 0 spiro atoms. The number of carbonyl (C=O) groups is 3. The van der Waals surface area contributed by atoms with Crippen LogP contribution in [0.15, 0.2) is 22.8 Å². The molecule has 1 N–H and O–H groups in total. The molecule has 7 nitrogen and oxygen atoms in total. The van der Waals surface area contributed by atoms with Gasteiger partial charge in [-0.05, 0) is 59.6 Å². The molecule has 0 bridgehead atoms. The fourth-order valence-electron chi connectivity index (χ4n) is 2.67. The highest BCUT2D eigenvalue weighted by molar-refractivity contribution is 5.93. The van der Waals surface area contributed by atoms with E-state index in [0.717, 1.165) is 12.8 Å². The first-order chi connectivity index (χ1) is 12.5. The lowest BCUT2D eigenvalue weighted by molar-refractivity contribution is -0.148. The first-order valence-corrected chi connectivity index (χ1v) is 9.25. The van der Waals surface area contributed by atoms with Crippen molar-refractivity contribution in [2.45, 2.75) is 66.8 Å². The molecule has 0 aliphatic carbocycles. The Morgan fingerprint density at radius 3 is 2.22 bits per heavy atom. The van der Waals surface area contributed by atoms with E-state index < -0.39 is 28.9 Å². The third kappa shape index (κ3) is 4.77. The molecule has 1 saturated heterocycles. The van der Waals surface area contributed by atoms with Gasteiger partial charge in [-0.25, -0.2) is 14.4 Å². The number of esters is 2. The van der Waals surface area contributed by atoms with Crippen molar-refractivity contribution < 1.29 is 28.7 Å². The van der Waals surface area contributed by atoms with E-state index in [-0.39, 0.29) is 6.61 Å². The van der Waals surface area contributed by atoms with Gasteiger partial charge in [0.25, 0.3) is 0 Å². The monoisotopic (exact) mass is 381 g/mol. The van der Waals surface area contributed by atoms with Crippen molar-refractivity contribution in [1.82, 2.24) is 5.48 Å². The Hall–Kier alpha value is -2.15. The Morgan fingerprint density at radius 1 is 1.11 bits per heavy atom. The van der Waals surface area contributed by atoms with E-state index in [1.165, 1.54) is 0 Å². The van der Waals surface area contributed by atoms with Crippen molar-refractivity contribution in [1.29, 1.82) is 0 Å². The van der Waals surface area contributed by atoms with Crippen LogP contribution < -0.4 is 5.48 Å². The molecule has 1 heterocycles. The number of nitrogens with one attached hydrogen (secondary N) is 1. The summed E-state index contributed by atoms with van der Waals surface area (Å²) in [5.74, 6) is -1.44. The summed E-state index contributed by atoms with van der Waals surface area (Å²) in [7, 11) is 0. The van der Waals surface area contributed by atoms with Gasteiger partial charge >= 0.3 is 17.9 Å². The molecular weight excluding hydrogens is 350 g/mol. The number of carbonyl (C=O) groups excluding carboxylic acids is 3. The van der Waals surface area contributed by atoms with Crippen LogP contribution in [-0.4, -0.2) is 36.7 Å². The van der Waals surface area contributed by atoms with Gasteiger partial charge in [-0.3, -0.25) is 0 Å². The van der Waals surface area contributed by atoms with E-state index >= 15 is 0 Å². The first-order valence-electron chi connectivity index (χ1n) is 9.25. The molecule has 0 saturated carbocycles. The summed E-state index contributed by atoms with van der Waals surface area (Å²) in [6.45, 7) is 12.7. The molecular formula is C20H31NO6. The number of hydrogen-bond donors (Lipinski definition) is 1. The zero-order valence-electron chi connectivity index (χ0n) is 17.4. The van der Waals surface area contributed by atoms with Gasteiger partial charge in [0, 0.05) is 11.1 Å². The molecule has 1 atom stereocenters. The maximum Gasteiger partial charge on any atom is 0.334 e. The lowest BCUT2D eigenvalue weighted by Gasteiger charge is -2.35. The molecule has 0 aromatic heterocycles. The minimum Gasteiger partial charge on any atom is -0.463 e. The van der Waals surface area contributed by atoms with Gasteiger partial charge in [0.15, 0.2) is 0 Å². The van der Waals surface area contributed by atoms with Crippen LogP contribution in [0.4, 0.5) is 0 Å². The summed E-state index contributed by atoms with van der Waals surface area (Å²) in [6.07, 6.45) is 3.26. The molecule has 1 aliphatic rings. The lowest BCUT2D eigenvalue weighted by Crippen LogP contribution is -2.49. The highest BCUT2D eigenvalue weighted by Crippen LogP contribution is 2.43. The fraction of sp³-hybridized carbons (Fsp3) is 0.650. The van der Waals surface area contributed by atoms with E-state index in [0.29, 0.717) is 23.3 Å². The van der Waals surface area contributed by atoms with Crippen LogP contribution in [0, 0.1) is 5.41 Å². The number of hydrogen-bond acceptors (Lipinski definition) is 7. The SMILES string of the molecule is CCCCOC(=O)/C(C)=C/C(=C(/C)C(=O)OCC)C1(C)NOC(=O)C1(C)C. The predicted octanol–water partition coefficient (Wildman–Crippen LogP) is 3.00. The molecule has 0 amide bonds. The quantitative estimate of drug-likeness (QED) is 0.227. The van der Waals surface area contributed by atoms with E-state index in [1.807, 2.05) is 6.92 Å². The summed E-state index contributed by atoms with van der Waals surface area (Å²) in [5.41, 5.74) is 1.79. The summed E-state index contributed by atoms with van der Waals surface area (Å²) >= 11 is 0. The van der Waals surface area contributed by atoms with Crippen molar-refractivity contribution in [3.8, 4) is 0 Å². The third-order valence-electron chi connectivity index (χ3n) is 5.05. The molecule has 152 valence electrons. The number of unbranched alkanes of at least 4 members (excludes halogenated alkanes) is 1. The second kappa shape index (κ2) is 9.17. The smallest absolute Gasteiger partial charge is 0.334 e. The van der Waals surface area contributed by atoms with Crippen LogP contribution in [0.25, 0.3) is 0 Å². The Balaban J connectivity index is 3.39. The molecule has 1 aliphatic heterocycles. The largest absolute Gasteiger partial charge is 0.463 e. The summed E-state index contributed by atoms with van der Waals surface area (Å²) in [4.78, 5) is 41.9. The van der Waals surface area contributed by atoms with Gasteiger partial charge in [-0.15, -0.1) is 5.48 Å². The molecule has 1 fully saturated rings. The summed E-state index contributed by atoms with van der Waals surface area (Å²) in [6, 6.07) is 0. The third-order valence-corrected chi connectivity index (χ3v) is 5.05. The van der Waals surface area contributed by atoms with E-state index in [1.54, 1.807) is 47.6 Å². The molecule has 1 unspecified atom stereocenters. The second-order valence-electron chi connectivity index (χ2n) is 7.32. The minimum absolute atomic E-state index is 0.216. The molecule has 7 heteroatoms. The van der Waals surface area contributed by atoms with Crippen LogP contribution in [0.1, 0.15) is 61.3 Å². The minimum atomic E-state index is -1.04. The van der Waals surface area contributed by atoms with Crippen molar-refractivity contribution >= 4 is 17.9 Å². The van der Waals surface area contributed by atoms with Crippen molar-refractivity contribution in [2.75, 3.05) is 13.2 Å². The van der Waals surface area contributed by atoms with Crippen molar-refractivity contribution in [2.24, 2.45) is 5.41 Å². The zero-order chi connectivity index (χ0) is 20.8. The van der Waals surface area contributed by atoms with Crippen LogP contribution in [0.2, 0.25) is 0 Å². The highest BCUT2D eigenvalue weighted by Gasteiger charge is 2.56. The molecule has 27 heavy (non-hydrogen) atoms. The van der Waals surface area contributed by atoms with Gasteiger partial charge in [-0.2, -0.15) is 0 Å². The summed E-state index contributed by atoms with van der Waals surface area (Å²) < 4.78 is 10.3. The highest BCUT2D eigenvalue weighted by atomic mass is 16.7. The molecule has 0 aromatic carbocycles. The average molecular weight is 381 g/mol. The molecule has 0 aromatic rings. The second-order valence-corrected chi connectivity index (χ2v) is 7.32. The molecule has 1 rings (SSSR count). The van der Waals surface area contributed by atoms with Crippen LogP contribution in [0.3, 0.4) is 0 Å². The Bertz CT molecular complexity index is 661. The molecule has 0 radical (unpaired) electrons. The van der Waals surface area contributed by atoms with Crippen LogP contribution in [-0.2, 0) is 28.7 Å². The van der Waals surface area contributed by atoms with Crippen molar-refractivity contribution in [3.05, 3.63) is 22.8 Å².